The summed E-state index contributed by atoms with van der Waals surface area (Å²) in [5.41, 5.74) is 15.5. The number of benzene rings is 1. The number of aliphatic hydroxyl groups is 1. The summed E-state index contributed by atoms with van der Waals surface area (Å²) in [6.07, 6.45) is 27.9. The summed E-state index contributed by atoms with van der Waals surface area (Å²) in [5.74, 6) is 10.8. The Bertz CT molecular complexity index is 2430. The lowest BCUT2D eigenvalue weighted by molar-refractivity contribution is -0.168. The Morgan fingerprint density at radius 2 is 1.94 bits per heavy atom. The molecule has 12 aliphatic rings. The minimum Gasteiger partial charge on any atom is -0.504 e. The van der Waals surface area contributed by atoms with Crippen LogP contribution in [0, 0.1) is 46.3 Å². The zero-order valence-electron chi connectivity index (χ0n) is 41.3. The minimum absolute atomic E-state index is 0.0123. The number of hydrogen-bond donors (Lipinski definition) is 6. The van der Waals surface area contributed by atoms with Crippen molar-refractivity contribution in [3.8, 4) is 23.3 Å². The molecular weight excluding hydrogens is 917 g/mol. The molecule has 8 N–H and O–H groups in total. The first-order valence-corrected chi connectivity index (χ1v) is 29.3. The number of hydrogen-bond acceptors (Lipinski definition) is 13. The maximum Gasteiger partial charge on any atom is 0.303 e. The molecular formula is C56H76N6O6S2. The van der Waals surface area contributed by atoms with Crippen molar-refractivity contribution in [2.24, 2.45) is 51.0 Å². The van der Waals surface area contributed by atoms with Gasteiger partial charge in [-0.1, -0.05) is 52.5 Å². The normalized spacial score (nSPS) is 39.4. The van der Waals surface area contributed by atoms with Crippen molar-refractivity contribution in [2.75, 3.05) is 25.4 Å². The number of ether oxygens (including phenoxy) is 2. The molecule has 12 nitrogen and oxygen atoms in total. The Morgan fingerprint density at radius 3 is 2.80 bits per heavy atom. The summed E-state index contributed by atoms with van der Waals surface area (Å²) in [5, 5.41) is 31.6. The maximum absolute atomic E-state index is 14.9. The molecule has 12 bridgehead atoms. The van der Waals surface area contributed by atoms with E-state index in [1.165, 1.54) is 13.3 Å². The van der Waals surface area contributed by atoms with Gasteiger partial charge in [-0.05, 0) is 150 Å². The number of nitrogens with zero attached hydrogens (tertiary/aromatic N) is 2. The van der Waals surface area contributed by atoms with E-state index in [1.807, 2.05) is 32.6 Å². The molecule has 14 heteroatoms. The van der Waals surface area contributed by atoms with E-state index in [4.69, 9.17) is 25.9 Å². The van der Waals surface area contributed by atoms with E-state index in [0.29, 0.717) is 86.7 Å². The van der Waals surface area contributed by atoms with Gasteiger partial charge in [0.15, 0.2) is 17.5 Å². The van der Waals surface area contributed by atoms with Crippen molar-refractivity contribution < 1.29 is 29.3 Å². The fourth-order valence-electron chi connectivity index (χ4n) is 15.6. The zero-order valence-corrected chi connectivity index (χ0v) is 43.0. The number of nitrogens with one attached hydrogen (secondary N) is 2. The molecule has 5 fully saturated rings. The maximum atomic E-state index is 14.9. The highest BCUT2D eigenvalue weighted by molar-refractivity contribution is 8.77. The van der Waals surface area contributed by atoms with Gasteiger partial charge in [-0.15, -0.1) is 5.92 Å². The largest absolute Gasteiger partial charge is 0.504 e. The van der Waals surface area contributed by atoms with Gasteiger partial charge in [0.25, 0.3) is 0 Å². The van der Waals surface area contributed by atoms with Crippen molar-refractivity contribution >= 4 is 39.4 Å². The van der Waals surface area contributed by atoms with Crippen LogP contribution < -0.4 is 26.8 Å². The molecule has 1 saturated heterocycles. The first-order chi connectivity index (χ1) is 33.8. The third kappa shape index (κ3) is 9.02. The lowest BCUT2D eigenvalue weighted by Gasteiger charge is -2.44. The topological polar surface area (TPSA) is 185 Å². The third-order valence-corrected chi connectivity index (χ3v) is 22.4. The molecule has 7 aliphatic heterocycles. The van der Waals surface area contributed by atoms with Gasteiger partial charge in [0, 0.05) is 91.3 Å². The Hall–Kier alpha value is -3.93. The number of aliphatic imine (C=N–C) groups is 1. The average molecular weight is 993 g/mol. The van der Waals surface area contributed by atoms with Crippen LogP contribution in [0.3, 0.4) is 0 Å². The first-order valence-electron chi connectivity index (χ1n) is 27.0. The number of aryl methyl sites for hydroxylation is 1. The number of carbonyl (C=O) groups excluding carboxylic acids is 2. The Kier molecular flexibility index (Phi) is 13.2. The number of nitrogens with two attached hydrogens (primary N) is 2. The highest BCUT2D eigenvalue weighted by atomic mass is 33.1. The van der Waals surface area contributed by atoms with Crippen molar-refractivity contribution in [1.29, 1.82) is 0 Å². The van der Waals surface area contributed by atoms with Gasteiger partial charge < -0.3 is 46.7 Å². The van der Waals surface area contributed by atoms with E-state index < -0.39 is 22.7 Å². The second-order valence-electron chi connectivity index (χ2n) is 23.5. The lowest BCUT2D eigenvalue weighted by atomic mass is 9.70. The van der Waals surface area contributed by atoms with Gasteiger partial charge in [-0.3, -0.25) is 14.6 Å². The Morgan fingerprint density at radius 1 is 1.04 bits per heavy atom. The fourth-order valence-corrected chi connectivity index (χ4v) is 19.1. The number of dihydropyridines is 1. The second kappa shape index (κ2) is 19.2. The SMILES string of the molecule is CC(=O)O[C@@]12CCc3cc(c(O)c4c3[C@H]3C=C[C@@]5(CCC[C@H]5C3)O4)CN3C[C@@](CC4=CCNC(N)=C4)(CC3=O)[C@H]3C#CC[C@@H]4CC[C@@]5(CCC[C@@]5(NC(N)=NC3)SSCCCCC[C@H](CC1)[C@H](O)C2)C4. The smallest absolute Gasteiger partial charge is 0.303 e. The number of phenolic OH excluding ortho intramolecular Hbond substituents is 1. The summed E-state index contributed by atoms with van der Waals surface area (Å²) < 4.78 is 13.5. The van der Waals surface area contributed by atoms with Crippen molar-refractivity contribution in [1.82, 2.24) is 15.5 Å². The van der Waals surface area contributed by atoms with Crippen molar-refractivity contribution in [3.05, 3.63) is 58.5 Å². The summed E-state index contributed by atoms with van der Waals surface area (Å²) in [6.45, 7) is 3.08. The molecule has 70 heavy (non-hydrogen) atoms. The Labute approximate surface area is 423 Å². The van der Waals surface area contributed by atoms with Crippen LogP contribution in [-0.2, 0) is 27.3 Å². The lowest BCUT2D eigenvalue weighted by Crippen LogP contribution is -2.56. The second-order valence-corrected chi connectivity index (χ2v) is 26.2. The number of guanidine groups is 1. The number of fused-ring (bicyclic) bond motifs is 10. The van der Waals surface area contributed by atoms with Gasteiger partial charge in [0.05, 0.1) is 18.5 Å². The first kappa shape index (κ1) is 48.3. The summed E-state index contributed by atoms with van der Waals surface area (Å²) in [6, 6.07) is 2.11. The van der Waals surface area contributed by atoms with Crippen molar-refractivity contribution in [3.63, 3.8) is 0 Å². The van der Waals surface area contributed by atoms with Crippen LogP contribution in [-0.4, -0.2) is 80.5 Å². The van der Waals surface area contributed by atoms with Crippen LogP contribution in [0.5, 0.6) is 11.5 Å². The molecule has 1 aromatic carbocycles. The number of rotatable bonds is 3. The number of esters is 1. The molecule has 378 valence electrons. The van der Waals surface area contributed by atoms with E-state index in [2.05, 4.69) is 46.8 Å². The highest BCUT2D eigenvalue weighted by Crippen LogP contribution is 2.65. The number of carbonyl (C=O) groups is 2. The summed E-state index contributed by atoms with van der Waals surface area (Å²) in [4.78, 5) is 34.7. The predicted molar refractivity (Wildman–Crippen MR) is 277 cm³/mol. The summed E-state index contributed by atoms with van der Waals surface area (Å²) in [7, 11) is 3.97. The van der Waals surface area contributed by atoms with Crippen LogP contribution >= 0.6 is 21.6 Å². The van der Waals surface area contributed by atoms with Crippen LogP contribution in [0.25, 0.3) is 0 Å². The third-order valence-electron chi connectivity index (χ3n) is 19.1. The standard InChI is InChI=1S/C56H76N6O6S2/c1-36(63)67-54-21-13-39(45(64)31-54)9-3-2-4-25-69-70-56-19-7-17-53(56)20-12-37(30-53)8-5-10-44(33-60-51(58)61-56)52(29-38-16-24-59-46(57)26-38)32-47(65)62(35-52)34-42-27-40(14-22-54)48-41-15-23-55(68-50(48)49(42)66)18-6-11-43(55)28-41/h15-16,23,26-27,37,39,41,43-45,59,64,66H,2-4,6-9,11-14,17-22,24-25,28-35,57H2,1H3,(H3,58,60,61)/t37-,39-,41+,43+,44+,45-,52-,53+,54-,55-,56-/m1/s1. The van der Waals surface area contributed by atoms with Crippen molar-refractivity contribution in [2.45, 2.75) is 183 Å². The fraction of sp³-hybridized carbons (Fsp3) is 0.696. The number of aliphatic hydroxyl groups excluding tert-OH is 1. The van der Waals surface area contributed by atoms with Gasteiger partial charge in [-0.25, -0.2) is 0 Å². The molecule has 0 radical (unpaired) electrons. The van der Waals surface area contributed by atoms with Crippen LogP contribution in [0.4, 0.5) is 0 Å². The van der Waals surface area contributed by atoms with Gasteiger partial charge >= 0.3 is 5.97 Å². The molecule has 7 heterocycles. The number of phenols is 1. The van der Waals surface area contributed by atoms with E-state index >= 15 is 0 Å². The molecule has 13 rings (SSSR count). The molecule has 3 spiro atoms. The van der Waals surface area contributed by atoms with E-state index in [9.17, 15) is 19.8 Å². The number of aromatic hydroxyl groups is 1. The van der Waals surface area contributed by atoms with Crippen LogP contribution in [0.1, 0.15) is 164 Å². The summed E-state index contributed by atoms with van der Waals surface area (Å²) >= 11 is 0. The minimum atomic E-state index is -0.808. The molecule has 4 saturated carbocycles. The van der Waals surface area contributed by atoms with E-state index in [1.54, 1.807) is 0 Å². The van der Waals surface area contributed by atoms with Crippen LogP contribution in [0.15, 0.2) is 46.8 Å². The monoisotopic (exact) mass is 993 g/mol. The highest BCUT2D eigenvalue weighted by Gasteiger charge is 2.59. The van der Waals surface area contributed by atoms with Gasteiger partial charge in [0.2, 0.25) is 5.91 Å². The molecule has 11 atom stereocenters. The average Bonchev–Trinajstić information content (AvgIpc) is 4.05. The zero-order chi connectivity index (χ0) is 48.3. The quantitative estimate of drug-likeness (QED) is 0.0734. The number of amides is 1. The molecule has 1 aromatic rings. The van der Waals surface area contributed by atoms with Crippen LogP contribution in [0.2, 0.25) is 0 Å². The number of allylic oxidation sites excluding steroid dienone is 3. The molecule has 1 amide bonds. The predicted octanol–water partition coefficient (Wildman–Crippen LogP) is 8.75. The van der Waals surface area contributed by atoms with Gasteiger partial charge in [-0.2, -0.15) is 0 Å². The Balaban J connectivity index is 0.992. The molecule has 0 aromatic heterocycles. The van der Waals surface area contributed by atoms with Gasteiger partial charge in [0.1, 0.15) is 16.1 Å². The van der Waals surface area contributed by atoms with E-state index in [0.717, 1.165) is 119 Å². The molecule has 0 unspecified atom stereocenters. The van der Waals surface area contributed by atoms with E-state index in [-0.39, 0.29) is 58.6 Å². The molecule has 5 aliphatic carbocycles.